The molecule has 5 aromatic rings. The van der Waals surface area contributed by atoms with E-state index in [1.807, 2.05) is 66.5 Å². The van der Waals surface area contributed by atoms with Gasteiger partial charge < -0.3 is 4.52 Å². The second kappa shape index (κ2) is 9.69. The maximum absolute atomic E-state index is 10.9. The van der Waals surface area contributed by atoms with Crippen LogP contribution in [0.4, 0.5) is 27.4 Å². The number of nitrogens with one attached hydrogen (secondary N) is 1. The van der Waals surface area contributed by atoms with Gasteiger partial charge in [-0.2, -0.15) is 0 Å². The van der Waals surface area contributed by atoms with Gasteiger partial charge in [-0.3, -0.25) is 15.5 Å². The van der Waals surface area contributed by atoms with Crippen LogP contribution < -0.4 is 10.4 Å². The molecule has 3 heterocycles. The number of non-ortho nitro benzene ring substituents is 1. The van der Waals surface area contributed by atoms with Crippen LogP contribution in [-0.2, 0) is 0 Å². The Morgan fingerprint density at radius 1 is 1.05 bits per heavy atom. The summed E-state index contributed by atoms with van der Waals surface area (Å²) in [4.78, 5) is 15.2. The van der Waals surface area contributed by atoms with Crippen LogP contribution in [0.3, 0.4) is 0 Å². The topological polar surface area (TPSA) is 122 Å². The van der Waals surface area contributed by atoms with Crippen LogP contribution in [0.25, 0.3) is 11.3 Å². The Hall–Kier alpha value is -4.61. The van der Waals surface area contributed by atoms with E-state index in [1.54, 1.807) is 12.1 Å². The van der Waals surface area contributed by atoms with Crippen LogP contribution in [0.1, 0.15) is 22.9 Å². The molecule has 0 radical (unpaired) electrons. The third-order valence-corrected chi connectivity index (χ3v) is 7.29. The van der Waals surface area contributed by atoms with Gasteiger partial charge in [0.25, 0.3) is 5.69 Å². The number of rotatable bonds is 6. The fourth-order valence-electron chi connectivity index (χ4n) is 4.17. The minimum absolute atomic E-state index is 0.00487. The third-order valence-electron chi connectivity index (χ3n) is 6.00. The molecule has 0 bridgehead atoms. The Balaban J connectivity index is 1.36. The number of hydrogen-bond donors (Lipinski definition) is 1. The normalized spacial score (nSPS) is 14.6. The van der Waals surface area contributed by atoms with Crippen LogP contribution in [-0.4, -0.2) is 15.1 Å². The van der Waals surface area contributed by atoms with Gasteiger partial charge in [-0.25, -0.2) is 9.99 Å². The number of halogens is 1. The number of benzene rings is 3. The molecular formula is C26H18ClN7O3S. The highest BCUT2D eigenvalue weighted by atomic mass is 35.5. The van der Waals surface area contributed by atoms with E-state index < -0.39 is 4.92 Å². The number of aryl methyl sites for hydroxylation is 1. The number of nitro groups is 1. The van der Waals surface area contributed by atoms with Gasteiger partial charge in [-0.1, -0.05) is 70.6 Å². The molecule has 1 N–H and O–H groups in total. The Labute approximate surface area is 225 Å². The zero-order valence-corrected chi connectivity index (χ0v) is 21.3. The van der Waals surface area contributed by atoms with Gasteiger partial charge in [0, 0.05) is 22.7 Å². The first kappa shape index (κ1) is 23.8. The number of anilines is 2. The van der Waals surface area contributed by atoms with E-state index in [1.165, 1.54) is 23.5 Å². The first-order valence-corrected chi connectivity index (χ1v) is 12.7. The van der Waals surface area contributed by atoms with Crippen LogP contribution in [0, 0.1) is 17.0 Å². The predicted octanol–water partition coefficient (Wildman–Crippen LogP) is 8.02. The summed E-state index contributed by atoms with van der Waals surface area (Å²) in [6, 6.07) is 23.1. The van der Waals surface area contributed by atoms with Gasteiger partial charge >= 0.3 is 0 Å². The molecule has 38 heavy (non-hydrogen) atoms. The quantitative estimate of drug-likeness (QED) is 0.131. The Morgan fingerprint density at radius 2 is 1.79 bits per heavy atom. The molecule has 0 saturated heterocycles. The SMILES string of the molecule is Cc1nc(N2Nc3onc(-c4ccccc4)c3C2c2ccc(Cl)cc2)sc1N=Nc1ccc([N+](=O)[O-])cc1. The fraction of sp³-hybridized carbons (Fsp3) is 0.0769. The minimum atomic E-state index is -0.455. The molecule has 1 atom stereocenters. The molecule has 188 valence electrons. The maximum atomic E-state index is 10.9. The first-order valence-electron chi connectivity index (χ1n) is 11.5. The summed E-state index contributed by atoms with van der Waals surface area (Å²) < 4.78 is 5.72. The van der Waals surface area contributed by atoms with E-state index in [2.05, 4.69) is 20.8 Å². The number of aromatic nitrogens is 2. The lowest BCUT2D eigenvalue weighted by atomic mass is 9.96. The molecule has 0 fully saturated rings. The summed E-state index contributed by atoms with van der Waals surface area (Å²) in [5.41, 5.74) is 8.05. The summed E-state index contributed by atoms with van der Waals surface area (Å²) in [5.74, 6) is 0.533. The lowest BCUT2D eigenvalue weighted by Crippen LogP contribution is -2.28. The van der Waals surface area contributed by atoms with Gasteiger partial charge in [0.05, 0.1) is 21.9 Å². The zero-order chi connectivity index (χ0) is 26.2. The van der Waals surface area contributed by atoms with Crippen molar-refractivity contribution in [1.82, 2.24) is 10.1 Å². The standard InChI is InChI=1S/C26H18ClN7O3S/c1-15-25(30-29-19-11-13-20(14-12-19)34(35)36)38-26(28-15)33-23(17-7-9-18(27)10-8-17)21-22(32-37-24(21)31-33)16-5-3-2-4-6-16/h2-14,23,31H,1H3. The fourth-order valence-corrected chi connectivity index (χ4v) is 5.18. The lowest BCUT2D eigenvalue weighted by Gasteiger charge is -2.24. The number of nitrogens with zero attached hydrogens (tertiary/aromatic N) is 6. The third kappa shape index (κ3) is 4.38. The average molecular weight is 544 g/mol. The van der Waals surface area contributed by atoms with Crippen molar-refractivity contribution in [3.63, 3.8) is 0 Å². The van der Waals surface area contributed by atoms with Crippen molar-refractivity contribution in [3.05, 3.63) is 111 Å². The van der Waals surface area contributed by atoms with Crippen molar-refractivity contribution in [2.45, 2.75) is 13.0 Å². The highest BCUT2D eigenvalue weighted by molar-refractivity contribution is 7.19. The number of fused-ring (bicyclic) bond motifs is 1. The summed E-state index contributed by atoms with van der Waals surface area (Å²) >= 11 is 7.54. The first-order chi connectivity index (χ1) is 18.5. The summed E-state index contributed by atoms with van der Waals surface area (Å²) in [5, 5.41) is 27.7. The average Bonchev–Trinajstić information content (AvgIpc) is 3.62. The Kier molecular flexibility index (Phi) is 6.06. The van der Waals surface area contributed by atoms with Gasteiger partial charge in [-0.05, 0) is 36.8 Å². The van der Waals surface area contributed by atoms with Crippen molar-refractivity contribution in [2.24, 2.45) is 10.2 Å². The second-order valence-corrected chi connectivity index (χ2v) is 9.83. The number of nitro benzene ring substituents is 1. The van der Waals surface area contributed by atoms with Crippen LogP contribution >= 0.6 is 22.9 Å². The van der Waals surface area contributed by atoms with E-state index in [4.69, 9.17) is 21.1 Å². The molecule has 0 amide bonds. The molecule has 0 saturated carbocycles. The van der Waals surface area contributed by atoms with Crippen molar-refractivity contribution in [2.75, 3.05) is 10.4 Å². The highest BCUT2D eigenvalue weighted by Crippen LogP contribution is 2.48. The minimum Gasteiger partial charge on any atom is -0.336 e. The molecular weight excluding hydrogens is 526 g/mol. The summed E-state index contributed by atoms with van der Waals surface area (Å²) in [6.07, 6.45) is 0. The Morgan fingerprint density at radius 3 is 2.50 bits per heavy atom. The monoisotopic (exact) mass is 543 g/mol. The van der Waals surface area contributed by atoms with E-state index >= 15 is 0 Å². The molecule has 3 aromatic carbocycles. The van der Waals surface area contributed by atoms with E-state index in [0.717, 1.165) is 22.4 Å². The molecule has 10 nitrogen and oxygen atoms in total. The molecule has 1 aliphatic heterocycles. The van der Waals surface area contributed by atoms with Gasteiger partial charge in [0.2, 0.25) is 11.0 Å². The predicted molar refractivity (Wildman–Crippen MR) is 145 cm³/mol. The van der Waals surface area contributed by atoms with Crippen molar-refractivity contribution < 1.29 is 9.45 Å². The summed E-state index contributed by atoms with van der Waals surface area (Å²) in [7, 11) is 0. The van der Waals surface area contributed by atoms with Gasteiger partial charge in [-0.15, -0.1) is 10.2 Å². The number of hydrogen-bond acceptors (Lipinski definition) is 10. The number of thiazole rings is 1. The zero-order valence-electron chi connectivity index (χ0n) is 19.8. The summed E-state index contributed by atoms with van der Waals surface area (Å²) in [6.45, 7) is 1.85. The number of hydrazine groups is 1. The van der Waals surface area contributed by atoms with Crippen molar-refractivity contribution in [3.8, 4) is 11.3 Å². The molecule has 6 rings (SSSR count). The van der Waals surface area contributed by atoms with Crippen molar-refractivity contribution in [1.29, 1.82) is 0 Å². The smallest absolute Gasteiger partial charge is 0.269 e. The molecule has 1 aliphatic rings. The Bertz CT molecular complexity index is 1650. The van der Waals surface area contributed by atoms with Crippen LogP contribution in [0.5, 0.6) is 0 Å². The molecule has 1 unspecified atom stereocenters. The maximum Gasteiger partial charge on any atom is 0.269 e. The van der Waals surface area contributed by atoms with Gasteiger partial charge in [0.15, 0.2) is 5.00 Å². The van der Waals surface area contributed by atoms with Gasteiger partial charge in [0.1, 0.15) is 11.7 Å². The molecule has 12 heteroatoms. The van der Waals surface area contributed by atoms with E-state index in [0.29, 0.717) is 32.4 Å². The second-order valence-electron chi connectivity index (χ2n) is 8.44. The van der Waals surface area contributed by atoms with Crippen molar-refractivity contribution >= 4 is 50.3 Å². The molecule has 2 aromatic heterocycles. The van der Waals surface area contributed by atoms with E-state index in [9.17, 15) is 10.1 Å². The van der Waals surface area contributed by atoms with Crippen LogP contribution in [0.2, 0.25) is 5.02 Å². The highest BCUT2D eigenvalue weighted by Gasteiger charge is 2.40. The van der Waals surface area contributed by atoms with Crippen LogP contribution in [0.15, 0.2) is 93.6 Å². The molecule has 0 spiro atoms. The lowest BCUT2D eigenvalue weighted by molar-refractivity contribution is -0.384. The van der Waals surface area contributed by atoms with E-state index in [-0.39, 0.29) is 11.7 Å². The molecule has 0 aliphatic carbocycles. The largest absolute Gasteiger partial charge is 0.336 e. The number of azo groups is 1.